The van der Waals surface area contributed by atoms with Gasteiger partial charge in [-0.25, -0.2) is 4.98 Å². The molecule has 1 unspecified atom stereocenters. The molecule has 0 aliphatic carbocycles. The van der Waals surface area contributed by atoms with Gasteiger partial charge in [0.1, 0.15) is 0 Å². The molecule has 1 aromatic rings. The van der Waals surface area contributed by atoms with Crippen molar-refractivity contribution in [3.63, 3.8) is 0 Å². The van der Waals surface area contributed by atoms with E-state index < -0.39 is 0 Å². The first-order valence-corrected chi connectivity index (χ1v) is 5.82. The zero-order valence-electron chi connectivity index (χ0n) is 9.16. The summed E-state index contributed by atoms with van der Waals surface area (Å²) in [5.74, 6) is 0. The van der Waals surface area contributed by atoms with E-state index in [9.17, 15) is 0 Å². The second-order valence-corrected chi connectivity index (χ2v) is 4.88. The Morgan fingerprint density at radius 1 is 1.64 bits per heavy atom. The van der Waals surface area contributed by atoms with E-state index in [1.165, 1.54) is 0 Å². The Labute approximate surface area is 89.9 Å². The largest absolute Gasteiger partial charge is 0.324 e. The lowest BCUT2D eigenvalue weighted by molar-refractivity contribution is 0.245. The van der Waals surface area contributed by atoms with Crippen molar-refractivity contribution in [1.29, 1.82) is 0 Å². The lowest BCUT2D eigenvalue weighted by Gasteiger charge is -2.28. The highest BCUT2D eigenvalue weighted by molar-refractivity contribution is 7.07. The van der Waals surface area contributed by atoms with Crippen LogP contribution in [-0.4, -0.2) is 29.0 Å². The average Bonchev–Trinajstić information content (AvgIpc) is 2.55. The quantitative estimate of drug-likeness (QED) is 0.809. The summed E-state index contributed by atoms with van der Waals surface area (Å²) in [4.78, 5) is 6.47. The van der Waals surface area contributed by atoms with Gasteiger partial charge >= 0.3 is 0 Å². The van der Waals surface area contributed by atoms with E-state index in [1.807, 2.05) is 5.51 Å². The molecule has 0 fully saturated rings. The van der Waals surface area contributed by atoms with E-state index in [0.29, 0.717) is 0 Å². The molecule has 0 amide bonds. The molecular weight excluding hydrogens is 194 g/mol. The van der Waals surface area contributed by atoms with E-state index in [-0.39, 0.29) is 5.54 Å². The van der Waals surface area contributed by atoms with Crippen LogP contribution in [0, 0.1) is 0 Å². The van der Waals surface area contributed by atoms with Crippen LogP contribution < -0.4 is 5.73 Å². The van der Waals surface area contributed by atoms with E-state index in [0.717, 1.165) is 25.2 Å². The van der Waals surface area contributed by atoms with Crippen LogP contribution >= 0.6 is 11.3 Å². The maximum absolute atomic E-state index is 6.09. The topological polar surface area (TPSA) is 42.1 Å². The van der Waals surface area contributed by atoms with Gasteiger partial charge in [-0.05, 0) is 20.4 Å². The molecule has 0 saturated carbocycles. The first-order chi connectivity index (χ1) is 6.53. The Morgan fingerprint density at radius 3 is 2.86 bits per heavy atom. The minimum Gasteiger partial charge on any atom is -0.324 e. The van der Waals surface area contributed by atoms with Gasteiger partial charge in [-0.2, -0.15) is 0 Å². The van der Waals surface area contributed by atoms with E-state index in [2.05, 4.69) is 36.2 Å². The van der Waals surface area contributed by atoms with Gasteiger partial charge in [0, 0.05) is 24.0 Å². The molecule has 14 heavy (non-hydrogen) atoms. The van der Waals surface area contributed by atoms with Gasteiger partial charge in [-0.15, -0.1) is 11.3 Å². The van der Waals surface area contributed by atoms with E-state index >= 15 is 0 Å². The van der Waals surface area contributed by atoms with Gasteiger partial charge in [-0.3, -0.25) is 4.90 Å². The van der Waals surface area contributed by atoms with Crippen molar-refractivity contribution in [3.8, 4) is 0 Å². The maximum Gasteiger partial charge on any atom is 0.0795 e. The lowest BCUT2D eigenvalue weighted by Crippen LogP contribution is -2.45. The standard InChI is InChI=1S/C10H19N3S/c1-4-10(2,11)7-13(3)5-9-6-14-8-12-9/h6,8H,4-5,7,11H2,1-3H3. The van der Waals surface area contributed by atoms with Crippen molar-refractivity contribution in [3.05, 3.63) is 16.6 Å². The summed E-state index contributed by atoms with van der Waals surface area (Å²) < 4.78 is 0. The van der Waals surface area contributed by atoms with E-state index in [4.69, 9.17) is 5.73 Å². The third kappa shape index (κ3) is 3.74. The van der Waals surface area contributed by atoms with Crippen molar-refractivity contribution in [1.82, 2.24) is 9.88 Å². The number of nitrogens with zero attached hydrogens (tertiary/aromatic N) is 2. The van der Waals surface area contributed by atoms with Crippen LogP contribution in [0.15, 0.2) is 10.9 Å². The predicted octanol–water partition coefficient (Wildman–Crippen LogP) is 1.70. The van der Waals surface area contributed by atoms with Crippen LogP contribution in [0.1, 0.15) is 26.0 Å². The molecule has 0 aliphatic rings. The third-order valence-electron chi connectivity index (χ3n) is 2.35. The molecule has 0 aromatic carbocycles. The number of rotatable bonds is 5. The SMILES string of the molecule is CCC(C)(N)CN(C)Cc1cscn1. The highest BCUT2D eigenvalue weighted by Crippen LogP contribution is 2.09. The third-order valence-corrected chi connectivity index (χ3v) is 2.99. The normalized spacial score (nSPS) is 15.8. The number of hydrogen-bond donors (Lipinski definition) is 1. The summed E-state index contributed by atoms with van der Waals surface area (Å²) in [6.07, 6.45) is 0.994. The first kappa shape index (κ1) is 11.6. The van der Waals surface area contributed by atoms with Gasteiger partial charge in [0.25, 0.3) is 0 Å². The number of likely N-dealkylation sites (N-methyl/N-ethyl adjacent to an activating group) is 1. The van der Waals surface area contributed by atoms with Crippen LogP contribution in [-0.2, 0) is 6.54 Å². The molecule has 1 aromatic heterocycles. The second-order valence-electron chi connectivity index (χ2n) is 4.16. The molecule has 0 aliphatic heterocycles. The number of thiazole rings is 1. The molecular formula is C10H19N3S. The molecule has 1 rings (SSSR count). The average molecular weight is 213 g/mol. The molecule has 0 saturated heterocycles. The van der Waals surface area contributed by atoms with Crippen LogP contribution in [0.4, 0.5) is 0 Å². The van der Waals surface area contributed by atoms with Crippen LogP contribution in [0.5, 0.6) is 0 Å². The lowest BCUT2D eigenvalue weighted by atomic mass is 10.0. The Morgan fingerprint density at radius 2 is 2.36 bits per heavy atom. The summed E-state index contributed by atoms with van der Waals surface area (Å²) in [6, 6.07) is 0. The highest BCUT2D eigenvalue weighted by Gasteiger charge is 2.18. The van der Waals surface area contributed by atoms with Crippen LogP contribution in [0.2, 0.25) is 0 Å². The fourth-order valence-corrected chi connectivity index (χ4v) is 1.93. The van der Waals surface area contributed by atoms with Crippen molar-refractivity contribution >= 4 is 11.3 Å². The Hall–Kier alpha value is -0.450. The van der Waals surface area contributed by atoms with Gasteiger partial charge in [0.2, 0.25) is 0 Å². The maximum atomic E-state index is 6.09. The molecule has 1 atom stereocenters. The molecule has 4 heteroatoms. The van der Waals surface area contributed by atoms with Gasteiger partial charge in [-0.1, -0.05) is 6.92 Å². The van der Waals surface area contributed by atoms with Crippen molar-refractivity contribution in [2.75, 3.05) is 13.6 Å². The van der Waals surface area contributed by atoms with Crippen molar-refractivity contribution in [2.24, 2.45) is 5.73 Å². The first-order valence-electron chi connectivity index (χ1n) is 4.88. The number of nitrogens with two attached hydrogens (primary N) is 1. The van der Waals surface area contributed by atoms with Gasteiger partial charge in [0.15, 0.2) is 0 Å². The van der Waals surface area contributed by atoms with E-state index in [1.54, 1.807) is 11.3 Å². The molecule has 0 bridgehead atoms. The molecule has 0 spiro atoms. The van der Waals surface area contributed by atoms with Gasteiger partial charge in [0.05, 0.1) is 11.2 Å². The molecule has 1 heterocycles. The Balaban J connectivity index is 2.40. The summed E-state index contributed by atoms with van der Waals surface area (Å²) in [5, 5.41) is 2.08. The molecule has 80 valence electrons. The van der Waals surface area contributed by atoms with Crippen molar-refractivity contribution in [2.45, 2.75) is 32.4 Å². The number of hydrogen-bond acceptors (Lipinski definition) is 4. The van der Waals surface area contributed by atoms with Gasteiger partial charge < -0.3 is 5.73 Å². The minimum absolute atomic E-state index is 0.0925. The van der Waals surface area contributed by atoms with Crippen LogP contribution in [0.25, 0.3) is 0 Å². The summed E-state index contributed by atoms with van der Waals surface area (Å²) in [6.45, 7) is 6.00. The molecule has 2 N–H and O–H groups in total. The smallest absolute Gasteiger partial charge is 0.0795 e. The van der Waals surface area contributed by atoms with Crippen molar-refractivity contribution < 1.29 is 0 Å². The molecule has 3 nitrogen and oxygen atoms in total. The Kier molecular flexibility index (Phi) is 4.04. The fourth-order valence-electron chi connectivity index (χ4n) is 1.38. The highest BCUT2D eigenvalue weighted by atomic mass is 32.1. The molecule has 0 radical (unpaired) electrons. The monoisotopic (exact) mass is 213 g/mol. The van der Waals surface area contributed by atoms with Crippen LogP contribution in [0.3, 0.4) is 0 Å². The zero-order chi connectivity index (χ0) is 10.6. The predicted molar refractivity (Wildman–Crippen MR) is 61.3 cm³/mol. The summed E-state index contributed by atoms with van der Waals surface area (Å²) in [5.41, 5.74) is 8.99. The summed E-state index contributed by atoms with van der Waals surface area (Å²) >= 11 is 1.64. The zero-order valence-corrected chi connectivity index (χ0v) is 9.97. The Bertz CT molecular complexity index is 256. The summed E-state index contributed by atoms with van der Waals surface area (Å²) in [7, 11) is 2.08. The fraction of sp³-hybridized carbons (Fsp3) is 0.700. The minimum atomic E-state index is -0.0925. The number of aromatic nitrogens is 1. The second kappa shape index (κ2) is 4.87.